The molecule has 6 nitrogen and oxygen atoms in total. The van der Waals surface area contributed by atoms with Crippen LogP contribution in [0.4, 0.5) is 0 Å². The zero-order valence-electron chi connectivity index (χ0n) is 14.1. The van der Waals surface area contributed by atoms with E-state index >= 15 is 0 Å². The number of hydrogen-bond donors (Lipinski definition) is 1. The molecule has 3 fully saturated rings. The monoisotopic (exact) mass is 332 g/mol. The number of hydrogen-bond acceptors (Lipinski definition) is 4. The molecule has 3 unspecified atom stereocenters. The molecule has 3 atom stereocenters. The summed E-state index contributed by atoms with van der Waals surface area (Å²) >= 11 is 0. The van der Waals surface area contributed by atoms with Gasteiger partial charge in [0.1, 0.15) is 0 Å². The summed E-state index contributed by atoms with van der Waals surface area (Å²) in [5.41, 5.74) is 0.467. The number of carbonyl (C=O) groups is 2. The molecule has 6 heteroatoms. The molecule has 0 spiro atoms. The molecular formula is C18H24N2O4. The first-order valence-corrected chi connectivity index (χ1v) is 8.52. The third-order valence-electron chi connectivity index (χ3n) is 5.97. The van der Waals surface area contributed by atoms with E-state index in [1.165, 1.54) is 19.3 Å². The van der Waals surface area contributed by atoms with Crippen molar-refractivity contribution in [1.82, 2.24) is 9.55 Å². The van der Waals surface area contributed by atoms with Gasteiger partial charge in [-0.1, -0.05) is 13.8 Å². The van der Waals surface area contributed by atoms with Crippen molar-refractivity contribution in [3.63, 3.8) is 0 Å². The van der Waals surface area contributed by atoms with Crippen LogP contribution in [0.3, 0.4) is 0 Å². The van der Waals surface area contributed by atoms with Crippen molar-refractivity contribution in [2.24, 2.45) is 23.2 Å². The van der Waals surface area contributed by atoms with Crippen LogP contribution in [0.25, 0.3) is 0 Å². The highest BCUT2D eigenvalue weighted by Crippen LogP contribution is 2.62. The Morgan fingerprint density at radius 2 is 2.21 bits per heavy atom. The number of imidazole rings is 1. The maximum absolute atomic E-state index is 11.6. The lowest BCUT2D eigenvalue weighted by Crippen LogP contribution is -2.52. The summed E-state index contributed by atoms with van der Waals surface area (Å²) in [6.07, 6.45) is 10.0. The van der Waals surface area contributed by atoms with Gasteiger partial charge in [0.25, 0.3) is 0 Å². The molecule has 3 aliphatic carbocycles. The van der Waals surface area contributed by atoms with Gasteiger partial charge in [0.15, 0.2) is 0 Å². The Hall–Kier alpha value is -2.11. The zero-order valence-corrected chi connectivity index (χ0v) is 14.1. The molecule has 3 aliphatic rings. The van der Waals surface area contributed by atoms with Crippen LogP contribution in [0.2, 0.25) is 0 Å². The second-order valence-electron chi connectivity index (χ2n) is 7.48. The fourth-order valence-electron chi connectivity index (χ4n) is 4.45. The average molecular weight is 332 g/mol. The van der Waals surface area contributed by atoms with Crippen LogP contribution >= 0.6 is 0 Å². The molecule has 1 heterocycles. The molecule has 4 rings (SSSR count). The largest absolute Gasteiger partial charge is 0.478 e. The smallest absolute Gasteiger partial charge is 0.338 e. The fourth-order valence-corrected chi connectivity index (χ4v) is 4.45. The third-order valence-corrected chi connectivity index (χ3v) is 5.97. The van der Waals surface area contributed by atoms with Crippen molar-refractivity contribution in [2.45, 2.75) is 46.1 Å². The van der Waals surface area contributed by atoms with Crippen molar-refractivity contribution >= 4 is 11.9 Å². The summed E-state index contributed by atoms with van der Waals surface area (Å²) in [7, 11) is 0. The molecular weight excluding hydrogens is 308 g/mol. The van der Waals surface area contributed by atoms with Crippen LogP contribution in [0.1, 0.15) is 39.5 Å². The number of nitrogens with zero attached hydrogens (tertiary/aromatic N) is 2. The molecule has 2 bridgehead atoms. The van der Waals surface area contributed by atoms with Gasteiger partial charge in [0, 0.05) is 31.1 Å². The van der Waals surface area contributed by atoms with Crippen molar-refractivity contribution < 1.29 is 19.4 Å². The Morgan fingerprint density at radius 3 is 2.88 bits per heavy atom. The zero-order chi connectivity index (χ0) is 17.3. The van der Waals surface area contributed by atoms with Crippen LogP contribution in [-0.4, -0.2) is 26.6 Å². The van der Waals surface area contributed by atoms with Crippen molar-refractivity contribution in [3.05, 3.63) is 24.5 Å². The molecule has 1 N–H and O–H groups in total. The summed E-state index contributed by atoms with van der Waals surface area (Å²) in [5, 5.41) is 8.53. The van der Waals surface area contributed by atoms with E-state index in [1.54, 1.807) is 12.4 Å². The highest BCUT2D eigenvalue weighted by molar-refractivity contribution is 5.91. The molecule has 1 aromatic rings. The lowest BCUT2D eigenvalue weighted by Gasteiger charge is -2.60. The average Bonchev–Trinajstić information content (AvgIpc) is 2.98. The quantitative estimate of drug-likeness (QED) is 0.640. The Bertz CT molecular complexity index is 660. The first kappa shape index (κ1) is 16.7. The Kier molecular flexibility index (Phi) is 4.47. The Balaban J connectivity index is 1.56. The van der Waals surface area contributed by atoms with Crippen LogP contribution in [-0.2, 0) is 16.1 Å². The summed E-state index contributed by atoms with van der Waals surface area (Å²) in [6, 6.07) is 0.219. The van der Waals surface area contributed by atoms with E-state index in [2.05, 4.69) is 18.8 Å². The van der Waals surface area contributed by atoms with Crippen molar-refractivity contribution in [2.75, 3.05) is 0 Å². The summed E-state index contributed by atoms with van der Waals surface area (Å²) < 4.78 is 6.94. The van der Waals surface area contributed by atoms with Gasteiger partial charge in [-0.05, 0) is 48.9 Å². The van der Waals surface area contributed by atoms with E-state index in [1.807, 2.05) is 4.57 Å². The van der Waals surface area contributed by atoms with Gasteiger partial charge in [0.2, 0.25) is 0 Å². The second kappa shape index (κ2) is 6.42. The van der Waals surface area contributed by atoms with Gasteiger partial charge < -0.3 is 14.4 Å². The number of carbonyl (C=O) groups excluding carboxylic acids is 1. The topological polar surface area (TPSA) is 81.4 Å². The minimum Gasteiger partial charge on any atom is -0.478 e. The number of aliphatic carboxylic acids is 1. The second-order valence-corrected chi connectivity index (χ2v) is 7.48. The Morgan fingerprint density at radius 1 is 1.42 bits per heavy atom. The maximum atomic E-state index is 11.6. The molecule has 1 aromatic heterocycles. The normalized spacial score (nSPS) is 27.7. The molecule has 0 amide bonds. The molecule has 130 valence electrons. The number of aryl methyl sites for hydroxylation is 1. The van der Waals surface area contributed by atoms with Crippen LogP contribution in [0.5, 0.6) is 6.01 Å². The predicted octanol–water partition coefficient (Wildman–Crippen LogP) is 2.89. The van der Waals surface area contributed by atoms with Gasteiger partial charge in [0.05, 0.1) is 0 Å². The lowest BCUT2D eigenvalue weighted by atomic mass is 9.45. The third kappa shape index (κ3) is 3.23. The number of aromatic nitrogens is 2. The summed E-state index contributed by atoms with van der Waals surface area (Å²) in [6.45, 7) is 5.53. The van der Waals surface area contributed by atoms with E-state index in [4.69, 9.17) is 9.84 Å². The molecule has 0 aliphatic heterocycles. The van der Waals surface area contributed by atoms with Crippen LogP contribution < -0.4 is 4.74 Å². The SMILES string of the molecule is CC1(C)C2CCC(CCn3ccnc3OC(=O)/C=C/C(=O)O)C1C2. The van der Waals surface area contributed by atoms with E-state index in [-0.39, 0.29) is 6.01 Å². The van der Waals surface area contributed by atoms with Gasteiger partial charge >= 0.3 is 17.9 Å². The van der Waals surface area contributed by atoms with Gasteiger partial charge in [-0.15, -0.1) is 0 Å². The molecule has 24 heavy (non-hydrogen) atoms. The Labute approximate surface area is 141 Å². The first-order valence-electron chi connectivity index (χ1n) is 8.52. The first-order chi connectivity index (χ1) is 11.4. The van der Waals surface area contributed by atoms with Crippen molar-refractivity contribution in [1.29, 1.82) is 0 Å². The molecule has 0 saturated heterocycles. The van der Waals surface area contributed by atoms with Gasteiger partial charge in [-0.25, -0.2) is 14.6 Å². The molecule has 3 saturated carbocycles. The minimum atomic E-state index is -1.19. The number of ether oxygens (including phenoxy) is 1. The van der Waals surface area contributed by atoms with Crippen LogP contribution in [0.15, 0.2) is 24.5 Å². The maximum Gasteiger partial charge on any atom is 0.338 e. The molecule has 0 radical (unpaired) electrons. The number of rotatable bonds is 6. The number of fused-ring (bicyclic) bond motifs is 2. The van der Waals surface area contributed by atoms with E-state index in [0.717, 1.165) is 37.0 Å². The van der Waals surface area contributed by atoms with Crippen LogP contribution in [0, 0.1) is 23.2 Å². The summed E-state index contributed by atoms with van der Waals surface area (Å²) in [4.78, 5) is 26.1. The lowest BCUT2D eigenvalue weighted by molar-refractivity contribution is -0.133. The van der Waals surface area contributed by atoms with E-state index < -0.39 is 11.9 Å². The molecule has 0 aromatic carbocycles. The van der Waals surface area contributed by atoms with Gasteiger partial charge in [-0.2, -0.15) is 0 Å². The standard InChI is InChI=1S/C18H24N2O4/c1-18(2)13-4-3-12(14(18)11-13)7-9-20-10-8-19-17(20)24-16(23)6-5-15(21)22/h5-6,8,10,12-14H,3-4,7,9,11H2,1-2H3,(H,21,22)/b6-5+. The van der Waals surface area contributed by atoms with E-state index in [0.29, 0.717) is 11.3 Å². The van der Waals surface area contributed by atoms with E-state index in [9.17, 15) is 9.59 Å². The highest BCUT2D eigenvalue weighted by Gasteiger charge is 2.53. The van der Waals surface area contributed by atoms with Gasteiger partial charge in [-0.3, -0.25) is 0 Å². The number of esters is 1. The van der Waals surface area contributed by atoms with Crippen molar-refractivity contribution in [3.8, 4) is 6.01 Å². The minimum absolute atomic E-state index is 0.219. The number of carboxylic acids is 1. The fraction of sp³-hybridized carbons (Fsp3) is 0.611. The highest BCUT2D eigenvalue weighted by atomic mass is 16.5. The predicted molar refractivity (Wildman–Crippen MR) is 87.4 cm³/mol. The number of carboxylic acid groups (broad SMARTS) is 1. The summed E-state index contributed by atoms with van der Waals surface area (Å²) in [5.74, 6) is 0.483.